The van der Waals surface area contributed by atoms with E-state index < -0.39 is 24.4 Å². The molecule has 0 unspecified atom stereocenters. The molecule has 0 spiro atoms. The van der Waals surface area contributed by atoms with E-state index in [2.05, 4.69) is 10.3 Å². The molecule has 1 aliphatic carbocycles. The molecule has 1 heterocycles. The minimum Gasteiger partial charge on any atom is -0.480 e. The smallest absolute Gasteiger partial charge is 0.323 e. The van der Waals surface area contributed by atoms with E-state index >= 15 is 0 Å². The Morgan fingerprint density at radius 1 is 1.23 bits per heavy atom. The van der Waals surface area contributed by atoms with Crippen LogP contribution in [0.1, 0.15) is 31.2 Å². The number of aryl methyl sites for hydroxylation is 1. The van der Waals surface area contributed by atoms with Gasteiger partial charge in [0, 0.05) is 11.6 Å². The number of benzene rings is 2. The average Bonchev–Trinajstić information content (AvgIpc) is 3.36. The number of hydrogen-bond acceptors (Lipinski definition) is 4. The van der Waals surface area contributed by atoms with E-state index in [1.54, 1.807) is 6.07 Å². The van der Waals surface area contributed by atoms with E-state index in [1.807, 2.05) is 25.1 Å². The lowest BCUT2D eigenvalue weighted by Crippen LogP contribution is -2.44. The minimum atomic E-state index is -1.10. The van der Waals surface area contributed by atoms with Gasteiger partial charge in [-0.25, -0.2) is 14.2 Å². The average molecular weight is 411 g/mol. The van der Waals surface area contributed by atoms with Gasteiger partial charge < -0.3 is 19.7 Å². The third-order valence-corrected chi connectivity index (χ3v) is 5.33. The maximum Gasteiger partial charge on any atom is 0.323 e. The summed E-state index contributed by atoms with van der Waals surface area (Å²) in [5.41, 5.74) is 2.75. The van der Waals surface area contributed by atoms with Crippen molar-refractivity contribution in [2.75, 3.05) is 11.9 Å². The van der Waals surface area contributed by atoms with Gasteiger partial charge >= 0.3 is 12.0 Å². The van der Waals surface area contributed by atoms with Crippen LogP contribution in [0.2, 0.25) is 0 Å². The van der Waals surface area contributed by atoms with Gasteiger partial charge in [-0.1, -0.05) is 18.9 Å². The van der Waals surface area contributed by atoms with Crippen LogP contribution in [0.25, 0.3) is 22.6 Å². The van der Waals surface area contributed by atoms with Crippen molar-refractivity contribution in [3.63, 3.8) is 0 Å². The number of oxazole rings is 1. The monoisotopic (exact) mass is 411 g/mol. The third kappa shape index (κ3) is 4.12. The molecule has 1 aliphatic rings. The topological polar surface area (TPSA) is 95.7 Å². The van der Waals surface area contributed by atoms with Crippen molar-refractivity contribution in [2.24, 2.45) is 0 Å². The molecule has 4 rings (SSSR count). The molecule has 2 N–H and O–H groups in total. The summed E-state index contributed by atoms with van der Waals surface area (Å²) in [5, 5.41) is 11.6. The molecule has 0 aliphatic heterocycles. The van der Waals surface area contributed by atoms with Crippen molar-refractivity contribution in [3.8, 4) is 11.5 Å². The summed E-state index contributed by atoms with van der Waals surface area (Å²) in [6, 6.07) is 9.11. The Morgan fingerprint density at radius 3 is 2.70 bits per heavy atom. The van der Waals surface area contributed by atoms with Crippen LogP contribution in [0.4, 0.5) is 14.9 Å². The van der Waals surface area contributed by atoms with Crippen molar-refractivity contribution in [2.45, 2.75) is 38.6 Å². The number of carbonyl (C=O) groups is 2. The number of anilines is 1. The molecule has 1 saturated carbocycles. The van der Waals surface area contributed by atoms with Crippen LogP contribution in [0.3, 0.4) is 0 Å². The maximum atomic E-state index is 14.7. The van der Waals surface area contributed by atoms with Gasteiger partial charge in [-0.15, -0.1) is 0 Å². The lowest BCUT2D eigenvalue weighted by molar-refractivity contribution is -0.138. The molecule has 30 heavy (non-hydrogen) atoms. The van der Waals surface area contributed by atoms with Crippen LogP contribution in [0.15, 0.2) is 40.8 Å². The fourth-order valence-electron chi connectivity index (χ4n) is 3.83. The summed E-state index contributed by atoms with van der Waals surface area (Å²) in [6.07, 6.45) is 3.39. The third-order valence-electron chi connectivity index (χ3n) is 5.33. The predicted octanol–water partition coefficient (Wildman–Crippen LogP) is 4.80. The number of fused-ring (bicyclic) bond motifs is 1. The number of urea groups is 1. The molecule has 0 radical (unpaired) electrons. The number of carbonyl (C=O) groups excluding carboxylic acids is 1. The van der Waals surface area contributed by atoms with Crippen LogP contribution in [0.5, 0.6) is 0 Å². The fourth-order valence-corrected chi connectivity index (χ4v) is 3.83. The van der Waals surface area contributed by atoms with Crippen LogP contribution in [-0.2, 0) is 4.79 Å². The first kappa shape index (κ1) is 19.9. The second-order valence-corrected chi connectivity index (χ2v) is 7.57. The van der Waals surface area contributed by atoms with Gasteiger partial charge in [-0.05, 0) is 55.7 Å². The number of aliphatic carboxylic acids is 1. The second kappa shape index (κ2) is 8.14. The van der Waals surface area contributed by atoms with Crippen LogP contribution in [0, 0.1) is 12.7 Å². The van der Waals surface area contributed by atoms with Crippen molar-refractivity contribution in [1.29, 1.82) is 0 Å². The zero-order valence-corrected chi connectivity index (χ0v) is 16.5. The zero-order valence-electron chi connectivity index (χ0n) is 16.5. The summed E-state index contributed by atoms with van der Waals surface area (Å²) in [7, 11) is 0. The summed E-state index contributed by atoms with van der Waals surface area (Å²) < 4.78 is 20.4. The first-order chi connectivity index (χ1) is 14.4. The Hall–Kier alpha value is -3.42. The summed E-state index contributed by atoms with van der Waals surface area (Å²) >= 11 is 0. The van der Waals surface area contributed by atoms with E-state index in [4.69, 9.17) is 9.52 Å². The molecule has 0 bridgehead atoms. The Morgan fingerprint density at radius 2 is 2.00 bits per heavy atom. The molecule has 3 aromatic rings. The lowest BCUT2D eigenvalue weighted by Gasteiger charge is -2.27. The molecule has 7 nitrogen and oxygen atoms in total. The van der Waals surface area contributed by atoms with Gasteiger partial charge in [0.05, 0.1) is 5.69 Å². The first-order valence-corrected chi connectivity index (χ1v) is 9.87. The van der Waals surface area contributed by atoms with E-state index in [9.17, 15) is 14.0 Å². The largest absolute Gasteiger partial charge is 0.480 e. The van der Waals surface area contributed by atoms with Crippen LogP contribution >= 0.6 is 0 Å². The molecule has 1 fully saturated rings. The zero-order chi connectivity index (χ0) is 21.3. The maximum absolute atomic E-state index is 14.7. The fraction of sp³-hybridized carbons (Fsp3) is 0.318. The summed E-state index contributed by atoms with van der Waals surface area (Å²) in [6.45, 7) is 1.53. The highest BCUT2D eigenvalue weighted by Crippen LogP contribution is 2.28. The summed E-state index contributed by atoms with van der Waals surface area (Å²) in [5.74, 6) is -1.47. The van der Waals surface area contributed by atoms with Gasteiger partial charge in [0.15, 0.2) is 5.58 Å². The van der Waals surface area contributed by atoms with Gasteiger partial charge in [0.1, 0.15) is 17.9 Å². The van der Waals surface area contributed by atoms with Gasteiger partial charge in [0.2, 0.25) is 5.89 Å². The van der Waals surface area contributed by atoms with Crippen molar-refractivity contribution >= 4 is 28.8 Å². The standard InChI is InChI=1S/C22H22FN3O4/c1-13-6-9-19-18(10-13)24-21(30-19)14-7-8-17(16(23)11-14)25-22(29)26(12-20(27)28)15-4-2-3-5-15/h6-11,15H,2-5,12H2,1H3,(H,25,29)(H,27,28). The number of carboxylic acids is 1. The van der Waals surface area contributed by atoms with Gasteiger partial charge in [0.25, 0.3) is 0 Å². The molecule has 0 atom stereocenters. The molecule has 1 aromatic heterocycles. The van der Waals surface area contributed by atoms with Gasteiger partial charge in [-0.3, -0.25) is 4.79 Å². The number of nitrogens with zero attached hydrogens (tertiary/aromatic N) is 2. The number of carboxylic acid groups (broad SMARTS) is 1. The quantitative estimate of drug-likeness (QED) is 0.629. The van der Waals surface area contributed by atoms with Crippen LogP contribution < -0.4 is 5.32 Å². The van der Waals surface area contributed by atoms with E-state index in [1.165, 1.54) is 17.0 Å². The molecular formula is C22H22FN3O4. The first-order valence-electron chi connectivity index (χ1n) is 9.87. The van der Waals surface area contributed by atoms with Crippen molar-refractivity contribution in [1.82, 2.24) is 9.88 Å². The Labute approximate surface area is 172 Å². The predicted molar refractivity (Wildman–Crippen MR) is 110 cm³/mol. The highest BCUT2D eigenvalue weighted by Gasteiger charge is 2.29. The van der Waals surface area contributed by atoms with Gasteiger partial charge in [-0.2, -0.15) is 0 Å². The highest BCUT2D eigenvalue weighted by atomic mass is 19.1. The number of halogens is 1. The normalized spacial score (nSPS) is 14.2. The van der Waals surface area contributed by atoms with E-state index in [0.717, 1.165) is 31.2 Å². The summed E-state index contributed by atoms with van der Waals surface area (Å²) in [4.78, 5) is 29.5. The van der Waals surface area contributed by atoms with Crippen molar-refractivity contribution in [3.05, 3.63) is 47.8 Å². The molecule has 156 valence electrons. The Kier molecular flexibility index (Phi) is 5.39. The molecular weight excluding hydrogens is 389 g/mol. The molecule has 0 saturated heterocycles. The van der Waals surface area contributed by atoms with E-state index in [0.29, 0.717) is 16.7 Å². The second-order valence-electron chi connectivity index (χ2n) is 7.57. The Bertz CT molecular complexity index is 1100. The molecule has 2 aromatic carbocycles. The SMILES string of the molecule is Cc1ccc2oc(-c3ccc(NC(=O)N(CC(=O)O)C4CCCC4)c(F)c3)nc2c1. The highest BCUT2D eigenvalue weighted by molar-refractivity contribution is 5.92. The number of rotatable bonds is 5. The number of nitrogens with one attached hydrogen (secondary N) is 1. The van der Waals surface area contributed by atoms with Crippen LogP contribution in [-0.4, -0.2) is 39.6 Å². The molecule has 2 amide bonds. The Balaban J connectivity index is 1.54. The van der Waals surface area contributed by atoms with Crippen molar-refractivity contribution < 1.29 is 23.5 Å². The number of aromatic nitrogens is 1. The number of amides is 2. The molecule has 8 heteroatoms. The van der Waals surface area contributed by atoms with E-state index in [-0.39, 0.29) is 17.6 Å². The number of hydrogen-bond donors (Lipinski definition) is 2. The lowest BCUT2D eigenvalue weighted by atomic mass is 10.2. The minimum absolute atomic E-state index is 0.0240.